The monoisotopic (exact) mass is 276 g/mol. The van der Waals surface area contributed by atoms with Crippen molar-refractivity contribution < 1.29 is 4.79 Å². The number of hydrogen-bond acceptors (Lipinski definition) is 2. The van der Waals surface area contributed by atoms with Crippen molar-refractivity contribution in [2.24, 2.45) is 11.1 Å². The fourth-order valence-electron chi connectivity index (χ4n) is 2.76. The molecule has 3 heteroatoms. The fraction of sp³-hybridized carbons (Fsp3) is 0.588. The summed E-state index contributed by atoms with van der Waals surface area (Å²) in [4.78, 5) is 12.2. The number of hydrogen-bond donors (Lipinski definition) is 2. The minimum Gasteiger partial charge on any atom is -0.350 e. The largest absolute Gasteiger partial charge is 0.350 e. The summed E-state index contributed by atoms with van der Waals surface area (Å²) >= 11 is 0. The molecule has 1 atom stereocenters. The van der Waals surface area contributed by atoms with Crippen LogP contribution in [-0.2, 0) is 11.2 Å². The molecule has 1 amide bonds. The Balaban J connectivity index is 2.57. The maximum Gasteiger partial charge on any atom is 0.237 e. The summed E-state index contributed by atoms with van der Waals surface area (Å²) in [6.45, 7) is 10.6. The van der Waals surface area contributed by atoms with Gasteiger partial charge in [-0.15, -0.1) is 0 Å². The van der Waals surface area contributed by atoms with Gasteiger partial charge in [-0.25, -0.2) is 0 Å². The highest BCUT2D eigenvalue weighted by Crippen LogP contribution is 2.26. The van der Waals surface area contributed by atoms with Crippen molar-refractivity contribution >= 4 is 5.91 Å². The van der Waals surface area contributed by atoms with Crippen molar-refractivity contribution in [3.63, 3.8) is 0 Å². The van der Waals surface area contributed by atoms with Gasteiger partial charge in [-0.3, -0.25) is 4.79 Å². The van der Waals surface area contributed by atoms with Gasteiger partial charge in [0.2, 0.25) is 5.91 Å². The van der Waals surface area contributed by atoms with Crippen LogP contribution in [0, 0.1) is 5.41 Å². The minimum atomic E-state index is -0.503. The normalized spacial score (nSPS) is 13.9. The molecule has 0 saturated carbocycles. The number of benzene rings is 1. The van der Waals surface area contributed by atoms with E-state index in [1.807, 2.05) is 44.2 Å². The Hall–Kier alpha value is -1.35. The molecule has 1 unspecified atom stereocenters. The van der Waals surface area contributed by atoms with E-state index in [4.69, 9.17) is 5.73 Å². The Kier molecular flexibility index (Phi) is 5.35. The molecule has 0 fully saturated rings. The Morgan fingerprint density at radius 1 is 1.15 bits per heavy atom. The number of carbonyl (C=O) groups excluding carboxylic acids is 1. The van der Waals surface area contributed by atoms with Gasteiger partial charge in [-0.05, 0) is 37.7 Å². The molecule has 20 heavy (non-hydrogen) atoms. The molecule has 0 saturated heterocycles. The molecule has 0 aromatic heterocycles. The molecule has 112 valence electrons. The smallest absolute Gasteiger partial charge is 0.237 e. The standard InChI is InChI=1S/C17H28N2O/c1-16(2,3)12-17(4,5)19-15(20)14(18)11-13-9-7-6-8-10-13/h6-10,14H,11-12,18H2,1-5H3,(H,19,20). The zero-order valence-electron chi connectivity index (χ0n) is 13.4. The molecule has 1 rings (SSSR count). The first-order valence-corrected chi connectivity index (χ1v) is 7.21. The first-order chi connectivity index (χ1) is 9.09. The lowest BCUT2D eigenvalue weighted by atomic mass is 9.81. The van der Waals surface area contributed by atoms with Gasteiger partial charge in [0, 0.05) is 5.54 Å². The second-order valence-electron chi connectivity index (χ2n) is 7.41. The molecule has 0 spiro atoms. The molecule has 0 aliphatic heterocycles. The van der Waals surface area contributed by atoms with Crippen LogP contribution in [0.25, 0.3) is 0 Å². The molecule has 3 N–H and O–H groups in total. The van der Waals surface area contributed by atoms with E-state index >= 15 is 0 Å². The van der Waals surface area contributed by atoms with Crippen LogP contribution in [0.4, 0.5) is 0 Å². The number of amides is 1. The lowest BCUT2D eigenvalue weighted by molar-refractivity contribution is -0.124. The predicted molar refractivity (Wildman–Crippen MR) is 84.4 cm³/mol. The van der Waals surface area contributed by atoms with Gasteiger partial charge in [0.05, 0.1) is 6.04 Å². The Morgan fingerprint density at radius 3 is 2.20 bits per heavy atom. The van der Waals surface area contributed by atoms with Gasteiger partial charge in [-0.2, -0.15) is 0 Å². The molecule has 1 aromatic carbocycles. The van der Waals surface area contributed by atoms with Crippen molar-refractivity contribution in [2.45, 2.75) is 59.0 Å². The van der Waals surface area contributed by atoms with Crippen LogP contribution in [0.15, 0.2) is 30.3 Å². The van der Waals surface area contributed by atoms with Gasteiger partial charge in [-0.1, -0.05) is 51.1 Å². The molecule has 0 aliphatic rings. The Labute approximate surface area is 122 Å². The third kappa shape index (κ3) is 6.20. The first kappa shape index (κ1) is 16.7. The summed E-state index contributed by atoms with van der Waals surface area (Å²) < 4.78 is 0. The maximum atomic E-state index is 12.2. The van der Waals surface area contributed by atoms with E-state index in [-0.39, 0.29) is 16.9 Å². The summed E-state index contributed by atoms with van der Waals surface area (Å²) in [5.41, 5.74) is 7.02. The van der Waals surface area contributed by atoms with E-state index in [0.717, 1.165) is 12.0 Å². The van der Waals surface area contributed by atoms with Crippen molar-refractivity contribution in [1.82, 2.24) is 5.32 Å². The van der Waals surface area contributed by atoms with Crippen LogP contribution in [0.3, 0.4) is 0 Å². The second kappa shape index (κ2) is 6.40. The van der Waals surface area contributed by atoms with Crippen LogP contribution in [-0.4, -0.2) is 17.5 Å². The summed E-state index contributed by atoms with van der Waals surface area (Å²) in [5, 5.41) is 3.07. The van der Waals surface area contributed by atoms with E-state index in [1.165, 1.54) is 0 Å². The SMILES string of the molecule is CC(C)(C)CC(C)(C)NC(=O)C(N)Cc1ccccc1. The summed E-state index contributed by atoms with van der Waals surface area (Å²) in [6.07, 6.45) is 1.47. The lowest BCUT2D eigenvalue weighted by Crippen LogP contribution is -2.52. The molecule has 0 radical (unpaired) electrons. The van der Waals surface area contributed by atoms with E-state index < -0.39 is 6.04 Å². The quantitative estimate of drug-likeness (QED) is 0.869. The summed E-state index contributed by atoms with van der Waals surface area (Å²) in [7, 11) is 0. The van der Waals surface area contributed by atoms with Crippen LogP contribution < -0.4 is 11.1 Å². The number of nitrogens with two attached hydrogens (primary N) is 1. The number of rotatable bonds is 5. The van der Waals surface area contributed by atoms with Crippen LogP contribution in [0.2, 0.25) is 0 Å². The third-order valence-corrected chi connectivity index (χ3v) is 3.07. The van der Waals surface area contributed by atoms with Crippen molar-refractivity contribution in [1.29, 1.82) is 0 Å². The Morgan fingerprint density at radius 2 is 1.70 bits per heavy atom. The highest BCUT2D eigenvalue weighted by atomic mass is 16.2. The lowest BCUT2D eigenvalue weighted by Gasteiger charge is -2.34. The van der Waals surface area contributed by atoms with E-state index in [1.54, 1.807) is 0 Å². The van der Waals surface area contributed by atoms with Gasteiger partial charge < -0.3 is 11.1 Å². The molecular weight excluding hydrogens is 248 g/mol. The van der Waals surface area contributed by atoms with Gasteiger partial charge >= 0.3 is 0 Å². The van der Waals surface area contributed by atoms with Crippen molar-refractivity contribution in [3.05, 3.63) is 35.9 Å². The van der Waals surface area contributed by atoms with Gasteiger partial charge in [0.25, 0.3) is 0 Å². The van der Waals surface area contributed by atoms with E-state index in [9.17, 15) is 4.79 Å². The highest BCUT2D eigenvalue weighted by Gasteiger charge is 2.28. The Bertz CT molecular complexity index is 432. The van der Waals surface area contributed by atoms with Crippen molar-refractivity contribution in [3.8, 4) is 0 Å². The number of carbonyl (C=O) groups is 1. The van der Waals surface area contributed by atoms with E-state index in [2.05, 4.69) is 26.1 Å². The first-order valence-electron chi connectivity index (χ1n) is 7.21. The molecule has 0 heterocycles. The molecule has 0 aliphatic carbocycles. The molecular formula is C17H28N2O. The minimum absolute atomic E-state index is 0.0805. The predicted octanol–water partition coefficient (Wildman–Crippen LogP) is 2.89. The third-order valence-electron chi connectivity index (χ3n) is 3.07. The second-order valence-corrected chi connectivity index (χ2v) is 7.41. The highest BCUT2D eigenvalue weighted by molar-refractivity contribution is 5.82. The molecule has 3 nitrogen and oxygen atoms in total. The van der Waals surface area contributed by atoms with E-state index in [0.29, 0.717) is 6.42 Å². The summed E-state index contributed by atoms with van der Waals surface area (Å²) in [6, 6.07) is 9.37. The summed E-state index contributed by atoms with van der Waals surface area (Å²) in [5.74, 6) is -0.0805. The maximum absolute atomic E-state index is 12.2. The zero-order valence-corrected chi connectivity index (χ0v) is 13.4. The van der Waals surface area contributed by atoms with Crippen molar-refractivity contribution in [2.75, 3.05) is 0 Å². The molecule has 0 bridgehead atoms. The van der Waals surface area contributed by atoms with Crippen LogP contribution >= 0.6 is 0 Å². The van der Waals surface area contributed by atoms with Crippen LogP contribution in [0.5, 0.6) is 0 Å². The average molecular weight is 276 g/mol. The van der Waals surface area contributed by atoms with Gasteiger partial charge in [0.15, 0.2) is 0 Å². The average Bonchev–Trinajstić information content (AvgIpc) is 2.26. The van der Waals surface area contributed by atoms with Crippen LogP contribution in [0.1, 0.15) is 46.6 Å². The zero-order chi connectivity index (χ0) is 15.4. The number of nitrogens with one attached hydrogen (secondary N) is 1. The molecule has 1 aromatic rings. The van der Waals surface area contributed by atoms with Gasteiger partial charge in [0.1, 0.15) is 0 Å². The topological polar surface area (TPSA) is 55.1 Å². The fourth-order valence-corrected chi connectivity index (χ4v) is 2.76.